The van der Waals surface area contributed by atoms with Crippen molar-refractivity contribution >= 4 is 11.6 Å². The Morgan fingerprint density at radius 2 is 1.93 bits per heavy atom. The monoisotopic (exact) mass is 410 g/mol. The number of hydrogen-bond donors (Lipinski definition) is 2. The predicted octanol–water partition coefficient (Wildman–Crippen LogP) is 3.96. The van der Waals surface area contributed by atoms with Crippen LogP contribution in [0.2, 0.25) is 0 Å². The highest BCUT2D eigenvalue weighted by Gasteiger charge is 2.16. The molecule has 0 radical (unpaired) electrons. The molecule has 3 rings (SSSR count). The third-order valence-electron chi connectivity index (χ3n) is 5.96. The number of aliphatic imine (C=N–C) groups is 1. The third kappa shape index (κ3) is 5.15. The highest BCUT2D eigenvalue weighted by atomic mass is 15.3. The molecule has 1 aromatic carbocycles. The normalized spacial score (nSPS) is 15.5. The van der Waals surface area contributed by atoms with Gasteiger partial charge in [0, 0.05) is 43.6 Å². The molecule has 0 bridgehead atoms. The lowest BCUT2D eigenvalue weighted by molar-refractivity contribution is 0.685. The molecule has 6 nitrogen and oxygen atoms in total. The Labute approximate surface area is 181 Å². The maximum absolute atomic E-state index is 4.91. The molecule has 30 heavy (non-hydrogen) atoms. The van der Waals surface area contributed by atoms with E-state index in [0.29, 0.717) is 6.54 Å². The molecule has 6 heteroatoms. The highest BCUT2D eigenvalue weighted by Crippen LogP contribution is 2.24. The number of rotatable bonds is 8. The predicted molar refractivity (Wildman–Crippen MR) is 126 cm³/mol. The van der Waals surface area contributed by atoms with Crippen LogP contribution in [0.4, 0.5) is 5.69 Å². The average Bonchev–Trinajstić information content (AvgIpc) is 3.39. The van der Waals surface area contributed by atoms with E-state index in [0.717, 1.165) is 31.0 Å². The number of nitrogens with one attached hydrogen (secondary N) is 2. The molecule has 1 aliphatic heterocycles. The topological polar surface area (TPSA) is 57.5 Å². The Kier molecular flexibility index (Phi) is 7.77. The molecule has 0 saturated carbocycles. The molecule has 2 aromatic rings. The number of benzene rings is 1. The SMILES string of the molecule is CCNC(=NCc1c(CC)nn(C)c1CC)NC(C)c1cccc(N2CCCC2)c1. The fourth-order valence-electron chi connectivity index (χ4n) is 4.31. The van der Waals surface area contributed by atoms with Gasteiger partial charge in [-0.15, -0.1) is 0 Å². The Morgan fingerprint density at radius 3 is 2.60 bits per heavy atom. The van der Waals surface area contributed by atoms with Gasteiger partial charge in [-0.2, -0.15) is 5.10 Å². The van der Waals surface area contributed by atoms with E-state index in [1.54, 1.807) is 0 Å². The fourth-order valence-corrected chi connectivity index (χ4v) is 4.31. The molecule has 2 heterocycles. The molecule has 1 saturated heterocycles. The van der Waals surface area contributed by atoms with Crippen molar-refractivity contribution in [3.05, 3.63) is 46.8 Å². The van der Waals surface area contributed by atoms with Crippen LogP contribution >= 0.6 is 0 Å². The van der Waals surface area contributed by atoms with Gasteiger partial charge in [0.1, 0.15) is 0 Å². The van der Waals surface area contributed by atoms with E-state index in [1.807, 2.05) is 11.7 Å². The van der Waals surface area contributed by atoms with Crippen molar-refractivity contribution in [1.29, 1.82) is 0 Å². The summed E-state index contributed by atoms with van der Waals surface area (Å²) in [6.45, 7) is 12.5. The molecule has 1 fully saturated rings. The Balaban J connectivity index is 1.75. The Hall–Kier alpha value is -2.50. The van der Waals surface area contributed by atoms with Crippen molar-refractivity contribution in [2.45, 2.75) is 66.0 Å². The first-order valence-electron chi connectivity index (χ1n) is 11.5. The quantitative estimate of drug-likeness (QED) is 0.511. The molecule has 164 valence electrons. The van der Waals surface area contributed by atoms with Crippen LogP contribution in [0.3, 0.4) is 0 Å². The summed E-state index contributed by atoms with van der Waals surface area (Å²) in [5.41, 5.74) is 6.31. The summed E-state index contributed by atoms with van der Waals surface area (Å²) in [6, 6.07) is 9.09. The van der Waals surface area contributed by atoms with Gasteiger partial charge in [-0.05, 0) is 57.2 Å². The van der Waals surface area contributed by atoms with Gasteiger partial charge < -0.3 is 15.5 Å². The van der Waals surface area contributed by atoms with Crippen LogP contribution in [-0.2, 0) is 26.4 Å². The molecule has 2 N–H and O–H groups in total. The van der Waals surface area contributed by atoms with Crippen LogP contribution in [0, 0.1) is 0 Å². The lowest BCUT2D eigenvalue weighted by Gasteiger charge is -2.22. The average molecular weight is 411 g/mol. The number of hydrogen-bond acceptors (Lipinski definition) is 3. The summed E-state index contributed by atoms with van der Waals surface area (Å²) in [5, 5.41) is 11.7. The minimum absolute atomic E-state index is 0.176. The first-order chi connectivity index (χ1) is 14.6. The molecule has 0 aliphatic carbocycles. The molecular formula is C24H38N6. The summed E-state index contributed by atoms with van der Waals surface area (Å²) in [7, 11) is 2.03. The Bertz CT molecular complexity index is 847. The molecule has 1 aromatic heterocycles. The van der Waals surface area contributed by atoms with Gasteiger partial charge in [-0.3, -0.25) is 4.68 Å². The first-order valence-corrected chi connectivity index (χ1v) is 11.5. The molecule has 0 amide bonds. The van der Waals surface area contributed by atoms with Gasteiger partial charge in [0.25, 0.3) is 0 Å². The van der Waals surface area contributed by atoms with E-state index in [1.165, 1.54) is 48.4 Å². The summed E-state index contributed by atoms with van der Waals surface area (Å²) in [6.07, 6.45) is 4.49. The summed E-state index contributed by atoms with van der Waals surface area (Å²) < 4.78 is 2.01. The fraction of sp³-hybridized carbons (Fsp3) is 0.583. The van der Waals surface area contributed by atoms with Crippen LogP contribution in [0.5, 0.6) is 0 Å². The maximum atomic E-state index is 4.91. The number of aryl methyl sites for hydroxylation is 2. The van der Waals surface area contributed by atoms with Crippen LogP contribution < -0.4 is 15.5 Å². The first kappa shape index (κ1) is 22.2. The standard InChI is InChI=1S/C24H38N6/c1-6-22-21(23(7-2)29(5)28-22)17-26-24(25-8-3)27-18(4)19-12-11-13-20(16-19)30-14-9-10-15-30/h11-13,16,18H,6-10,14-15,17H2,1-5H3,(H2,25,26,27). The van der Waals surface area contributed by atoms with Crippen LogP contribution in [0.1, 0.15) is 69.1 Å². The minimum atomic E-state index is 0.176. The molecule has 1 unspecified atom stereocenters. The number of nitrogens with zero attached hydrogens (tertiary/aromatic N) is 4. The van der Waals surface area contributed by atoms with Crippen molar-refractivity contribution in [2.24, 2.45) is 12.0 Å². The summed E-state index contributed by atoms with van der Waals surface area (Å²) in [4.78, 5) is 7.39. The van der Waals surface area contributed by atoms with E-state index < -0.39 is 0 Å². The van der Waals surface area contributed by atoms with Gasteiger partial charge >= 0.3 is 0 Å². The van der Waals surface area contributed by atoms with Crippen molar-refractivity contribution in [3.63, 3.8) is 0 Å². The summed E-state index contributed by atoms with van der Waals surface area (Å²) in [5.74, 6) is 0.851. The van der Waals surface area contributed by atoms with Crippen LogP contribution in [-0.4, -0.2) is 35.4 Å². The van der Waals surface area contributed by atoms with Crippen molar-refractivity contribution in [1.82, 2.24) is 20.4 Å². The van der Waals surface area contributed by atoms with E-state index in [2.05, 4.69) is 72.6 Å². The lowest BCUT2D eigenvalue weighted by Crippen LogP contribution is -2.38. The van der Waals surface area contributed by atoms with E-state index in [-0.39, 0.29) is 6.04 Å². The van der Waals surface area contributed by atoms with Gasteiger partial charge in [0.05, 0.1) is 18.3 Å². The molecular weight excluding hydrogens is 372 g/mol. The zero-order valence-electron chi connectivity index (χ0n) is 19.3. The van der Waals surface area contributed by atoms with Crippen LogP contribution in [0.25, 0.3) is 0 Å². The lowest BCUT2D eigenvalue weighted by atomic mass is 10.1. The van der Waals surface area contributed by atoms with E-state index >= 15 is 0 Å². The smallest absolute Gasteiger partial charge is 0.192 e. The summed E-state index contributed by atoms with van der Waals surface area (Å²) >= 11 is 0. The number of aromatic nitrogens is 2. The van der Waals surface area contributed by atoms with Crippen molar-refractivity contribution in [3.8, 4) is 0 Å². The molecule has 1 atom stereocenters. The van der Waals surface area contributed by atoms with Gasteiger partial charge in [0.2, 0.25) is 0 Å². The van der Waals surface area contributed by atoms with Gasteiger partial charge in [0.15, 0.2) is 5.96 Å². The molecule has 1 aliphatic rings. The highest BCUT2D eigenvalue weighted by molar-refractivity contribution is 5.80. The van der Waals surface area contributed by atoms with E-state index in [4.69, 9.17) is 4.99 Å². The van der Waals surface area contributed by atoms with Gasteiger partial charge in [-0.1, -0.05) is 26.0 Å². The largest absolute Gasteiger partial charge is 0.372 e. The van der Waals surface area contributed by atoms with Crippen molar-refractivity contribution < 1.29 is 0 Å². The second kappa shape index (κ2) is 10.5. The maximum Gasteiger partial charge on any atom is 0.192 e. The zero-order valence-corrected chi connectivity index (χ0v) is 19.3. The van der Waals surface area contributed by atoms with Gasteiger partial charge in [-0.25, -0.2) is 4.99 Å². The Morgan fingerprint density at radius 1 is 1.17 bits per heavy atom. The number of anilines is 1. The second-order valence-corrected chi connectivity index (χ2v) is 8.05. The third-order valence-corrected chi connectivity index (χ3v) is 5.96. The second-order valence-electron chi connectivity index (χ2n) is 8.05. The van der Waals surface area contributed by atoms with Crippen molar-refractivity contribution in [2.75, 3.05) is 24.5 Å². The molecule has 0 spiro atoms. The minimum Gasteiger partial charge on any atom is -0.372 e. The van der Waals surface area contributed by atoms with E-state index in [9.17, 15) is 0 Å². The van der Waals surface area contributed by atoms with Crippen LogP contribution in [0.15, 0.2) is 29.3 Å². The zero-order chi connectivity index (χ0) is 21.5. The number of guanidine groups is 1.